The zero-order valence-corrected chi connectivity index (χ0v) is 13.0. The van der Waals surface area contributed by atoms with E-state index in [-0.39, 0.29) is 5.41 Å². The van der Waals surface area contributed by atoms with Crippen molar-refractivity contribution in [2.45, 2.75) is 26.2 Å². The molecular weight excluding hydrogens is 252 g/mol. The van der Waals surface area contributed by atoms with Gasteiger partial charge < -0.3 is 0 Å². The van der Waals surface area contributed by atoms with Gasteiger partial charge in [0.05, 0.1) is 0 Å². The highest BCUT2D eigenvalue weighted by Gasteiger charge is 2.32. The Morgan fingerprint density at radius 3 is 2.24 bits per heavy atom. The number of hydrogen-bond acceptors (Lipinski definition) is 0. The van der Waals surface area contributed by atoms with E-state index >= 15 is 0 Å². The topological polar surface area (TPSA) is 0 Å². The second-order valence-corrected chi connectivity index (χ2v) is 6.18. The summed E-state index contributed by atoms with van der Waals surface area (Å²) in [6, 6.07) is 17.5. The number of benzene rings is 2. The van der Waals surface area contributed by atoms with Crippen LogP contribution in [-0.2, 0) is 5.41 Å². The monoisotopic (exact) mass is 274 g/mol. The predicted octanol–water partition coefficient (Wildman–Crippen LogP) is 5.68. The molecule has 1 aliphatic rings. The van der Waals surface area contributed by atoms with Crippen molar-refractivity contribution in [1.82, 2.24) is 0 Å². The zero-order chi connectivity index (χ0) is 14.9. The van der Waals surface area contributed by atoms with Gasteiger partial charge >= 0.3 is 0 Å². The summed E-state index contributed by atoms with van der Waals surface area (Å²) < 4.78 is 0. The lowest BCUT2D eigenvalue weighted by molar-refractivity contribution is 0.459. The van der Waals surface area contributed by atoms with Crippen molar-refractivity contribution in [2.24, 2.45) is 5.92 Å². The third kappa shape index (κ3) is 2.35. The molecule has 3 rings (SSSR count). The van der Waals surface area contributed by atoms with Gasteiger partial charge in [0.15, 0.2) is 0 Å². The van der Waals surface area contributed by atoms with Crippen molar-refractivity contribution in [1.29, 1.82) is 0 Å². The van der Waals surface area contributed by atoms with Gasteiger partial charge in [-0.2, -0.15) is 0 Å². The molecule has 0 bridgehead atoms. The molecule has 1 aliphatic carbocycles. The van der Waals surface area contributed by atoms with E-state index in [9.17, 15) is 0 Å². The summed E-state index contributed by atoms with van der Waals surface area (Å²) in [5.41, 5.74) is 5.48. The van der Waals surface area contributed by atoms with Gasteiger partial charge in [-0.15, -0.1) is 0 Å². The standard InChI is InChI=1S/C21H22/c1-16-10-4-5-12-18(16)19-13-6-7-14-20(19)21(3)15-9-8-11-17(21)2/h4-15,17H,1-3H3. The van der Waals surface area contributed by atoms with Crippen molar-refractivity contribution >= 4 is 0 Å². The molecule has 106 valence electrons. The van der Waals surface area contributed by atoms with Gasteiger partial charge in [0.25, 0.3) is 0 Å². The first kappa shape index (κ1) is 13.9. The maximum absolute atomic E-state index is 2.34. The molecule has 0 amide bonds. The highest BCUT2D eigenvalue weighted by molar-refractivity contribution is 5.72. The molecule has 0 aromatic heterocycles. The van der Waals surface area contributed by atoms with Crippen LogP contribution < -0.4 is 0 Å². The van der Waals surface area contributed by atoms with E-state index < -0.39 is 0 Å². The molecule has 0 saturated heterocycles. The summed E-state index contributed by atoms with van der Waals surface area (Å²) >= 11 is 0. The van der Waals surface area contributed by atoms with E-state index in [0.717, 1.165) is 0 Å². The van der Waals surface area contributed by atoms with Crippen LogP contribution in [0.5, 0.6) is 0 Å². The molecule has 0 heteroatoms. The molecule has 0 radical (unpaired) electrons. The first-order valence-electron chi connectivity index (χ1n) is 7.64. The fourth-order valence-corrected chi connectivity index (χ4v) is 3.24. The third-order valence-corrected chi connectivity index (χ3v) is 4.84. The van der Waals surface area contributed by atoms with Crippen LogP contribution in [0.25, 0.3) is 11.1 Å². The van der Waals surface area contributed by atoms with Gasteiger partial charge in [-0.3, -0.25) is 0 Å². The minimum absolute atomic E-state index is 0.0492. The molecule has 2 atom stereocenters. The lowest BCUT2D eigenvalue weighted by atomic mass is 9.68. The highest BCUT2D eigenvalue weighted by Crippen LogP contribution is 2.42. The lowest BCUT2D eigenvalue weighted by Crippen LogP contribution is -2.29. The van der Waals surface area contributed by atoms with Crippen molar-refractivity contribution in [2.75, 3.05) is 0 Å². The Hall–Kier alpha value is -2.08. The third-order valence-electron chi connectivity index (χ3n) is 4.84. The first-order valence-corrected chi connectivity index (χ1v) is 7.64. The zero-order valence-electron chi connectivity index (χ0n) is 13.0. The molecule has 0 aliphatic heterocycles. The quantitative estimate of drug-likeness (QED) is 0.660. The minimum Gasteiger partial charge on any atom is -0.0805 e. The van der Waals surface area contributed by atoms with Crippen LogP contribution in [0, 0.1) is 12.8 Å². The molecule has 2 aromatic carbocycles. The van der Waals surface area contributed by atoms with Gasteiger partial charge in [0, 0.05) is 5.41 Å². The van der Waals surface area contributed by atoms with Crippen LogP contribution >= 0.6 is 0 Å². The van der Waals surface area contributed by atoms with Crippen molar-refractivity contribution in [3.05, 3.63) is 84.0 Å². The summed E-state index contributed by atoms with van der Waals surface area (Å²) in [6.07, 6.45) is 8.97. The van der Waals surface area contributed by atoms with E-state index in [0.29, 0.717) is 5.92 Å². The van der Waals surface area contributed by atoms with Crippen molar-refractivity contribution < 1.29 is 0 Å². The van der Waals surface area contributed by atoms with Crippen LogP contribution in [-0.4, -0.2) is 0 Å². The summed E-state index contributed by atoms with van der Waals surface area (Å²) in [5.74, 6) is 0.493. The maximum Gasteiger partial charge on any atom is 0.0173 e. The molecule has 21 heavy (non-hydrogen) atoms. The van der Waals surface area contributed by atoms with Crippen LogP contribution in [0.4, 0.5) is 0 Å². The maximum atomic E-state index is 2.34. The second-order valence-electron chi connectivity index (χ2n) is 6.18. The van der Waals surface area contributed by atoms with Gasteiger partial charge in [-0.25, -0.2) is 0 Å². The van der Waals surface area contributed by atoms with E-state index in [4.69, 9.17) is 0 Å². The summed E-state index contributed by atoms with van der Waals surface area (Å²) in [7, 11) is 0. The second kappa shape index (κ2) is 5.37. The Labute approximate surface area is 127 Å². The molecule has 2 aromatic rings. The van der Waals surface area contributed by atoms with Crippen molar-refractivity contribution in [3.8, 4) is 11.1 Å². The first-order chi connectivity index (χ1) is 10.1. The Balaban J connectivity index is 2.20. The number of aryl methyl sites for hydroxylation is 1. The van der Waals surface area contributed by atoms with Gasteiger partial charge in [0.1, 0.15) is 0 Å². The van der Waals surface area contributed by atoms with E-state index in [1.807, 2.05) is 0 Å². The van der Waals surface area contributed by atoms with Gasteiger partial charge in [-0.1, -0.05) is 86.7 Å². The Kier molecular flexibility index (Phi) is 3.55. The molecule has 0 N–H and O–H groups in total. The molecule has 0 saturated carbocycles. The Morgan fingerprint density at radius 2 is 1.52 bits per heavy atom. The fourth-order valence-electron chi connectivity index (χ4n) is 3.24. The summed E-state index contributed by atoms with van der Waals surface area (Å²) in [4.78, 5) is 0. The van der Waals surface area contributed by atoms with Crippen molar-refractivity contribution in [3.63, 3.8) is 0 Å². The van der Waals surface area contributed by atoms with E-state index in [1.165, 1.54) is 22.3 Å². The average Bonchev–Trinajstić information content (AvgIpc) is 2.51. The fraction of sp³-hybridized carbons (Fsp3) is 0.238. The molecule has 0 spiro atoms. The van der Waals surface area contributed by atoms with E-state index in [1.54, 1.807) is 0 Å². The smallest absolute Gasteiger partial charge is 0.0173 e. The largest absolute Gasteiger partial charge is 0.0805 e. The van der Waals surface area contributed by atoms with Crippen LogP contribution in [0.2, 0.25) is 0 Å². The average molecular weight is 274 g/mol. The molecule has 0 nitrogen and oxygen atoms in total. The SMILES string of the molecule is Cc1ccccc1-c1ccccc1C1(C)C=CC=CC1C. The van der Waals surface area contributed by atoms with Crippen LogP contribution in [0.1, 0.15) is 25.0 Å². The van der Waals surface area contributed by atoms with E-state index in [2.05, 4.69) is 93.6 Å². The summed E-state index contributed by atoms with van der Waals surface area (Å²) in [6.45, 7) is 6.83. The Morgan fingerprint density at radius 1 is 0.857 bits per heavy atom. The lowest BCUT2D eigenvalue weighted by Gasteiger charge is -2.35. The number of hydrogen-bond donors (Lipinski definition) is 0. The van der Waals surface area contributed by atoms with Crippen LogP contribution in [0.15, 0.2) is 72.8 Å². The normalized spacial score (nSPS) is 24.2. The molecular formula is C21H22. The van der Waals surface area contributed by atoms with Gasteiger partial charge in [0.2, 0.25) is 0 Å². The van der Waals surface area contributed by atoms with Gasteiger partial charge in [-0.05, 0) is 35.1 Å². The Bertz CT molecular complexity index is 705. The number of rotatable bonds is 2. The highest BCUT2D eigenvalue weighted by atomic mass is 14.4. The summed E-state index contributed by atoms with van der Waals surface area (Å²) in [5, 5.41) is 0. The molecule has 0 fully saturated rings. The molecule has 0 heterocycles. The predicted molar refractivity (Wildman–Crippen MR) is 91.4 cm³/mol. The minimum atomic E-state index is 0.0492. The molecule has 2 unspecified atom stereocenters. The number of allylic oxidation sites excluding steroid dienone is 4. The van der Waals surface area contributed by atoms with Crippen LogP contribution in [0.3, 0.4) is 0 Å².